The molecule has 0 atom stereocenters. The molecule has 0 bridgehead atoms. The summed E-state index contributed by atoms with van der Waals surface area (Å²) < 4.78 is 43.2. The Morgan fingerprint density at radius 2 is 1.89 bits per heavy atom. The third-order valence-electron chi connectivity index (χ3n) is 6.11. The van der Waals surface area contributed by atoms with Gasteiger partial charge in [0.1, 0.15) is 11.5 Å². The highest BCUT2D eigenvalue weighted by molar-refractivity contribution is 6.04. The van der Waals surface area contributed by atoms with Crippen LogP contribution in [0, 0.1) is 18.8 Å². The molecule has 1 amide bonds. The first-order chi connectivity index (χ1) is 18.3. The summed E-state index contributed by atoms with van der Waals surface area (Å²) in [5.74, 6) is 5.47. The maximum atomic E-state index is 13.8. The fourth-order valence-electron chi connectivity index (χ4n) is 4.18. The predicted octanol–water partition coefficient (Wildman–Crippen LogP) is 3.51. The van der Waals surface area contributed by atoms with E-state index in [4.69, 9.17) is 0 Å². The molecule has 1 fully saturated rings. The van der Waals surface area contributed by atoms with Gasteiger partial charge in [-0.3, -0.25) is 9.69 Å². The molecule has 3 aromatic heterocycles. The standard InChI is InChI=1S/C27H24F3N7O/c1-18-2-7-25-33-16-22(37(25)35-18)6-3-19-8-9-32-24(14-19)34-26(38)20-4-5-21(23(15-20)27(28,29)30)17-36-12-10-31-11-13-36/h2,4-5,7-9,14-16,31H,10-13,17H2,1H3,(H,32,34,38). The van der Waals surface area contributed by atoms with Gasteiger partial charge in [-0.2, -0.15) is 18.3 Å². The summed E-state index contributed by atoms with van der Waals surface area (Å²) in [5, 5.41) is 10.2. The molecule has 1 aliphatic heterocycles. The summed E-state index contributed by atoms with van der Waals surface area (Å²) in [6, 6.07) is 10.6. The monoisotopic (exact) mass is 519 g/mol. The van der Waals surface area contributed by atoms with Gasteiger partial charge >= 0.3 is 6.18 Å². The zero-order chi connectivity index (χ0) is 26.7. The molecule has 1 aromatic carbocycles. The summed E-state index contributed by atoms with van der Waals surface area (Å²) >= 11 is 0. The van der Waals surface area contributed by atoms with Crippen LogP contribution in [0.1, 0.15) is 38.4 Å². The molecule has 1 saturated heterocycles. The van der Waals surface area contributed by atoms with Gasteiger partial charge in [0.15, 0.2) is 5.65 Å². The van der Waals surface area contributed by atoms with E-state index in [1.807, 2.05) is 24.0 Å². The minimum Gasteiger partial charge on any atom is -0.314 e. The molecule has 5 rings (SSSR count). The molecule has 4 heterocycles. The van der Waals surface area contributed by atoms with Gasteiger partial charge in [-0.05, 0) is 54.8 Å². The third kappa shape index (κ3) is 5.82. The van der Waals surface area contributed by atoms with Crippen molar-refractivity contribution in [2.24, 2.45) is 0 Å². The van der Waals surface area contributed by atoms with Crippen molar-refractivity contribution in [1.29, 1.82) is 0 Å². The summed E-state index contributed by atoms with van der Waals surface area (Å²) in [7, 11) is 0. The molecule has 0 spiro atoms. The highest BCUT2D eigenvalue weighted by atomic mass is 19.4. The number of fused-ring (bicyclic) bond motifs is 1. The number of aryl methyl sites for hydroxylation is 1. The van der Waals surface area contributed by atoms with Crippen LogP contribution in [-0.4, -0.2) is 56.6 Å². The fraction of sp³-hybridized carbons (Fsp3) is 0.259. The molecule has 11 heteroatoms. The summed E-state index contributed by atoms with van der Waals surface area (Å²) in [5.41, 5.74) is 1.85. The molecular weight excluding hydrogens is 495 g/mol. The number of imidazole rings is 1. The lowest BCUT2D eigenvalue weighted by Crippen LogP contribution is -2.43. The second-order valence-electron chi connectivity index (χ2n) is 8.92. The van der Waals surface area contributed by atoms with Crippen molar-refractivity contribution < 1.29 is 18.0 Å². The molecule has 0 aliphatic carbocycles. The number of anilines is 1. The van der Waals surface area contributed by atoms with Crippen molar-refractivity contribution in [2.75, 3.05) is 31.5 Å². The Bertz CT molecular complexity index is 1550. The number of alkyl halides is 3. The van der Waals surface area contributed by atoms with Gasteiger partial charge in [0.25, 0.3) is 5.91 Å². The normalized spacial score (nSPS) is 14.2. The average molecular weight is 520 g/mol. The van der Waals surface area contributed by atoms with Gasteiger partial charge in [-0.25, -0.2) is 14.5 Å². The lowest BCUT2D eigenvalue weighted by molar-refractivity contribution is -0.138. The second kappa shape index (κ2) is 10.6. The number of hydrogen-bond donors (Lipinski definition) is 2. The zero-order valence-corrected chi connectivity index (χ0v) is 20.5. The molecule has 1 aliphatic rings. The van der Waals surface area contributed by atoms with Gasteiger partial charge in [0.2, 0.25) is 0 Å². The first-order valence-electron chi connectivity index (χ1n) is 12.0. The number of carbonyl (C=O) groups is 1. The zero-order valence-electron chi connectivity index (χ0n) is 20.5. The largest absolute Gasteiger partial charge is 0.416 e. The van der Waals surface area contributed by atoms with Gasteiger partial charge in [-0.1, -0.05) is 12.0 Å². The number of benzene rings is 1. The Labute approximate surface area is 216 Å². The topological polar surface area (TPSA) is 87.5 Å². The smallest absolute Gasteiger partial charge is 0.314 e. The number of nitrogens with zero attached hydrogens (tertiary/aromatic N) is 5. The van der Waals surface area contributed by atoms with Crippen LogP contribution in [0.4, 0.5) is 19.0 Å². The van der Waals surface area contributed by atoms with Crippen LogP contribution in [0.25, 0.3) is 5.65 Å². The number of piperazine rings is 1. The van der Waals surface area contributed by atoms with Crippen LogP contribution in [0.5, 0.6) is 0 Å². The Hall–Kier alpha value is -4.27. The quantitative estimate of drug-likeness (QED) is 0.402. The number of rotatable bonds is 4. The van der Waals surface area contributed by atoms with Crippen LogP contribution in [-0.2, 0) is 12.7 Å². The molecule has 38 heavy (non-hydrogen) atoms. The van der Waals surface area contributed by atoms with Crippen LogP contribution in [0.3, 0.4) is 0 Å². The van der Waals surface area contributed by atoms with Crippen molar-refractivity contribution in [3.05, 3.63) is 88.5 Å². The Balaban J connectivity index is 1.34. The van der Waals surface area contributed by atoms with Gasteiger partial charge in [-0.15, -0.1) is 0 Å². The van der Waals surface area contributed by atoms with Crippen LogP contribution in [0.15, 0.2) is 54.9 Å². The third-order valence-corrected chi connectivity index (χ3v) is 6.11. The van der Waals surface area contributed by atoms with E-state index in [0.29, 0.717) is 30.0 Å². The number of nitrogens with one attached hydrogen (secondary N) is 2. The van der Waals surface area contributed by atoms with Gasteiger partial charge in [0, 0.05) is 50.0 Å². The molecule has 0 unspecified atom stereocenters. The lowest BCUT2D eigenvalue weighted by atomic mass is 10.0. The van der Waals surface area contributed by atoms with E-state index in [9.17, 15) is 18.0 Å². The number of pyridine rings is 1. The SMILES string of the molecule is Cc1ccc2ncc(C#Cc3ccnc(NC(=O)c4ccc(CN5CCNCC5)c(C(F)(F)F)c4)c3)n2n1. The van der Waals surface area contributed by atoms with E-state index in [1.54, 1.807) is 22.8 Å². The van der Waals surface area contributed by atoms with Crippen molar-refractivity contribution >= 4 is 17.4 Å². The van der Waals surface area contributed by atoms with E-state index in [0.717, 1.165) is 24.8 Å². The van der Waals surface area contributed by atoms with Crippen LogP contribution in [0.2, 0.25) is 0 Å². The molecule has 2 N–H and O–H groups in total. The van der Waals surface area contributed by atoms with Crippen molar-refractivity contribution in [1.82, 2.24) is 29.8 Å². The second-order valence-corrected chi connectivity index (χ2v) is 8.92. The first kappa shape index (κ1) is 25.4. The van der Waals surface area contributed by atoms with E-state index < -0.39 is 17.6 Å². The summed E-state index contributed by atoms with van der Waals surface area (Å²) in [6.45, 7) is 4.83. The summed E-state index contributed by atoms with van der Waals surface area (Å²) in [6.07, 6.45) is -1.50. The first-order valence-corrected chi connectivity index (χ1v) is 12.0. The number of amides is 1. The van der Waals surface area contributed by atoms with E-state index in [1.165, 1.54) is 18.3 Å². The van der Waals surface area contributed by atoms with Crippen molar-refractivity contribution in [3.63, 3.8) is 0 Å². The maximum absolute atomic E-state index is 13.8. The Morgan fingerprint density at radius 3 is 2.68 bits per heavy atom. The number of hydrogen-bond acceptors (Lipinski definition) is 6. The van der Waals surface area contributed by atoms with Crippen molar-refractivity contribution in [2.45, 2.75) is 19.6 Å². The minimum absolute atomic E-state index is 0.105. The van der Waals surface area contributed by atoms with E-state index in [-0.39, 0.29) is 23.5 Å². The van der Waals surface area contributed by atoms with Gasteiger partial charge in [0.05, 0.1) is 17.5 Å². The number of halogens is 3. The van der Waals surface area contributed by atoms with Crippen LogP contribution < -0.4 is 10.6 Å². The maximum Gasteiger partial charge on any atom is 0.416 e. The molecule has 194 valence electrons. The minimum atomic E-state index is -4.58. The Kier molecular flexibility index (Phi) is 7.09. The fourth-order valence-corrected chi connectivity index (χ4v) is 4.18. The molecule has 0 radical (unpaired) electrons. The van der Waals surface area contributed by atoms with Crippen LogP contribution >= 0.6 is 0 Å². The predicted molar refractivity (Wildman–Crippen MR) is 135 cm³/mol. The van der Waals surface area contributed by atoms with E-state index >= 15 is 0 Å². The molecule has 4 aromatic rings. The molecule has 0 saturated carbocycles. The number of carbonyl (C=O) groups excluding carboxylic acids is 1. The lowest BCUT2D eigenvalue weighted by Gasteiger charge is -2.28. The average Bonchev–Trinajstić information content (AvgIpc) is 3.30. The Morgan fingerprint density at radius 1 is 1.08 bits per heavy atom. The highest BCUT2D eigenvalue weighted by Gasteiger charge is 2.34. The molecular formula is C27H24F3N7O. The van der Waals surface area contributed by atoms with Crippen molar-refractivity contribution in [3.8, 4) is 11.8 Å². The highest BCUT2D eigenvalue weighted by Crippen LogP contribution is 2.33. The summed E-state index contributed by atoms with van der Waals surface area (Å²) in [4.78, 5) is 23.2. The van der Waals surface area contributed by atoms with E-state index in [2.05, 4.69) is 37.5 Å². The van der Waals surface area contributed by atoms with Gasteiger partial charge < -0.3 is 10.6 Å². The number of aromatic nitrogens is 4. The molecule has 8 nitrogen and oxygen atoms in total.